The molecular weight excluding hydrogens is 338 g/mol. The Morgan fingerprint density at radius 3 is 1.76 bits per heavy atom. The minimum atomic E-state index is -0.137. The highest BCUT2D eigenvalue weighted by molar-refractivity contribution is 7.97. The van der Waals surface area contributed by atoms with Gasteiger partial charge in [0.25, 0.3) is 0 Å². The lowest BCUT2D eigenvalue weighted by Gasteiger charge is -2.29. The van der Waals surface area contributed by atoms with Crippen LogP contribution in [0, 0.1) is 11.8 Å². The maximum Gasteiger partial charge on any atom is 0.308 e. The minimum Gasteiger partial charge on any atom is -0.469 e. The SMILES string of the molecule is CC.CC.COC(=O)C1CCC(CN2C(=O)CCC2=O)CC1.CSC. The van der Waals surface area contributed by atoms with E-state index in [9.17, 15) is 14.4 Å². The predicted octanol–water partition coefficient (Wildman–Crippen LogP) is 4.15. The number of nitrogens with zero attached hydrogens (tertiary/aromatic N) is 1. The molecule has 1 saturated carbocycles. The zero-order valence-corrected chi connectivity index (χ0v) is 17.9. The van der Waals surface area contributed by atoms with E-state index in [2.05, 4.69) is 0 Å². The van der Waals surface area contributed by atoms with E-state index in [4.69, 9.17) is 4.74 Å². The maximum absolute atomic E-state index is 11.5. The monoisotopic (exact) mass is 375 g/mol. The Morgan fingerprint density at radius 2 is 1.40 bits per heavy atom. The molecule has 0 radical (unpaired) electrons. The summed E-state index contributed by atoms with van der Waals surface area (Å²) in [4.78, 5) is 35.8. The van der Waals surface area contributed by atoms with E-state index < -0.39 is 0 Å². The van der Waals surface area contributed by atoms with Crippen LogP contribution in [0.15, 0.2) is 0 Å². The molecule has 6 heteroatoms. The zero-order chi connectivity index (χ0) is 19.8. The molecule has 2 aliphatic rings. The van der Waals surface area contributed by atoms with Gasteiger partial charge in [0.15, 0.2) is 0 Å². The van der Waals surface area contributed by atoms with Crippen LogP contribution >= 0.6 is 11.8 Å². The number of ether oxygens (including phenoxy) is 1. The van der Waals surface area contributed by atoms with Gasteiger partial charge in [0.05, 0.1) is 13.0 Å². The van der Waals surface area contributed by atoms with Crippen LogP contribution in [-0.4, -0.2) is 48.8 Å². The first-order valence-electron chi connectivity index (χ1n) is 9.34. The largest absolute Gasteiger partial charge is 0.469 e. The smallest absolute Gasteiger partial charge is 0.308 e. The molecule has 1 heterocycles. The Labute approximate surface area is 158 Å². The van der Waals surface area contributed by atoms with Crippen LogP contribution in [0.2, 0.25) is 0 Å². The molecule has 2 fully saturated rings. The normalized spacial score (nSPS) is 21.8. The Balaban J connectivity index is 0. The van der Waals surface area contributed by atoms with Crippen molar-refractivity contribution in [1.29, 1.82) is 0 Å². The Kier molecular flexibility index (Phi) is 17.2. The second-order valence-electron chi connectivity index (χ2n) is 5.55. The van der Waals surface area contributed by atoms with Gasteiger partial charge in [0, 0.05) is 19.4 Å². The van der Waals surface area contributed by atoms with E-state index in [1.54, 1.807) is 11.8 Å². The van der Waals surface area contributed by atoms with Gasteiger partial charge in [0.1, 0.15) is 0 Å². The van der Waals surface area contributed by atoms with Crippen LogP contribution in [0.4, 0.5) is 0 Å². The van der Waals surface area contributed by atoms with Gasteiger partial charge >= 0.3 is 5.97 Å². The van der Waals surface area contributed by atoms with Crippen molar-refractivity contribution in [2.75, 3.05) is 26.2 Å². The van der Waals surface area contributed by atoms with Crippen molar-refractivity contribution in [1.82, 2.24) is 4.90 Å². The summed E-state index contributed by atoms with van der Waals surface area (Å²) in [5.41, 5.74) is 0. The summed E-state index contributed by atoms with van der Waals surface area (Å²) in [6, 6.07) is 0. The van der Waals surface area contributed by atoms with Crippen LogP contribution in [0.25, 0.3) is 0 Å². The third kappa shape index (κ3) is 9.88. The molecule has 2 amide bonds. The van der Waals surface area contributed by atoms with E-state index in [-0.39, 0.29) is 23.7 Å². The van der Waals surface area contributed by atoms with Crippen LogP contribution in [-0.2, 0) is 19.1 Å². The number of methoxy groups -OCH3 is 1. The second kappa shape index (κ2) is 16.4. The minimum absolute atomic E-state index is 0.00349. The lowest BCUT2D eigenvalue weighted by molar-refractivity contribution is -0.147. The van der Waals surface area contributed by atoms with Crippen LogP contribution in [0.5, 0.6) is 0 Å². The standard InChI is InChI=1S/C13H19NO4.C2H6S.2C2H6/c1-18-13(17)10-4-2-9(3-5-10)8-14-11(15)6-7-12(14)16;1-3-2;2*1-2/h9-10H,2-8H2,1H3;1-2H3;2*1-2H3. The number of esters is 1. The number of amides is 2. The van der Waals surface area contributed by atoms with Crippen molar-refractivity contribution in [2.45, 2.75) is 66.2 Å². The molecule has 1 aliphatic heterocycles. The highest BCUT2D eigenvalue weighted by Crippen LogP contribution is 2.31. The first-order valence-corrected chi connectivity index (χ1v) is 11.0. The topological polar surface area (TPSA) is 63.7 Å². The molecule has 0 spiro atoms. The zero-order valence-electron chi connectivity index (χ0n) is 17.1. The van der Waals surface area contributed by atoms with Crippen molar-refractivity contribution >= 4 is 29.5 Å². The van der Waals surface area contributed by atoms with Crippen molar-refractivity contribution < 1.29 is 19.1 Å². The van der Waals surface area contributed by atoms with Gasteiger partial charge in [-0.15, -0.1) is 0 Å². The van der Waals surface area contributed by atoms with Gasteiger partial charge in [0.2, 0.25) is 11.8 Å². The average Bonchev–Trinajstić information content (AvgIpc) is 2.97. The van der Waals surface area contributed by atoms with Crippen molar-refractivity contribution in [2.24, 2.45) is 11.8 Å². The molecule has 0 aromatic heterocycles. The molecule has 0 atom stereocenters. The van der Waals surface area contributed by atoms with Gasteiger partial charge in [-0.3, -0.25) is 19.3 Å². The second-order valence-corrected chi connectivity index (χ2v) is 6.36. The number of imide groups is 1. The van der Waals surface area contributed by atoms with E-state index in [0.717, 1.165) is 25.7 Å². The quantitative estimate of drug-likeness (QED) is 0.548. The van der Waals surface area contributed by atoms with E-state index in [1.807, 2.05) is 40.2 Å². The van der Waals surface area contributed by atoms with Crippen molar-refractivity contribution in [3.63, 3.8) is 0 Å². The molecular formula is C19H37NO4S. The number of hydrogen-bond acceptors (Lipinski definition) is 5. The van der Waals surface area contributed by atoms with Crippen LogP contribution in [0.1, 0.15) is 66.2 Å². The Morgan fingerprint density at radius 1 is 1.00 bits per heavy atom. The lowest BCUT2D eigenvalue weighted by Crippen LogP contribution is -2.36. The van der Waals surface area contributed by atoms with E-state index in [0.29, 0.717) is 25.3 Å². The first-order chi connectivity index (χ1) is 12.0. The molecule has 0 aromatic rings. The van der Waals surface area contributed by atoms with Gasteiger partial charge in [-0.25, -0.2) is 0 Å². The summed E-state index contributed by atoms with van der Waals surface area (Å²) in [5.74, 6) is 0.111. The fourth-order valence-corrected chi connectivity index (χ4v) is 2.83. The number of likely N-dealkylation sites (tertiary alicyclic amines) is 1. The Bertz CT molecular complexity index is 364. The van der Waals surface area contributed by atoms with Gasteiger partial charge in [-0.1, -0.05) is 27.7 Å². The molecule has 1 aliphatic carbocycles. The maximum atomic E-state index is 11.5. The number of thioether (sulfide) groups is 1. The van der Waals surface area contributed by atoms with E-state index in [1.165, 1.54) is 12.0 Å². The summed E-state index contributed by atoms with van der Waals surface area (Å²) in [7, 11) is 1.41. The summed E-state index contributed by atoms with van der Waals surface area (Å²) < 4.78 is 4.73. The van der Waals surface area contributed by atoms with Gasteiger partial charge < -0.3 is 4.74 Å². The predicted molar refractivity (Wildman–Crippen MR) is 106 cm³/mol. The first kappa shape index (κ1) is 26.2. The number of carbonyl (C=O) groups excluding carboxylic acids is 3. The summed E-state index contributed by atoms with van der Waals surface area (Å²) in [6.07, 6.45) is 8.17. The average molecular weight is 376 g/mol. The Hall–Kier alpha value is -1.04. The van der Waals surface area contributed by atoms with Crippen LogP contribution < -0.4 is 0 Å². The lowest BCUT2D eigenvalue weighted by atomic mass is 9.82. The fraction of sp³-hybridized carbons (Fsp3) is 0.842. The van der Waals surface area contributed by atoms with Crippen LogP contribution in [0.3, 0.4) is 0 Å². The number of carbonyl (C=O) groups is 3. The highest BCUT2D eigenvalue weighted by atomic mass is 32.2. The van der Waals surface area contributed by atoms with Gasteiger partial charge in [-0.2, -0.15) is 11.8 Å². The number of rotatable bonds is 3. The third-order valence-corrected chi connectivity index (χ3v) is 3.98. The molecule has 148 valence electrons. The van der Waals surface area contributed by atoms with E-state index >= 15 is 0 Å². The molecule has 0 bridgehead atoms. The molecule has 25 heavy (non-hydrogen) atoms. The summed E-state index contributed by atoms with van der Waals surface area (Å²) in [5, 5.41) is 0. The van der Waals surface area contributed by atoms with Crippen molar-refractivity contribution in [3.8, 4) is 0 Å². The van der Waals surface area contributed by atoms with Crippen molar-refractivity contribution in [3.05, 3.63) is 0 Å². The molecule has 0 N–H and O–H groups in total. The highest BCUT2D eigenvalue weighted by Gasteiger charge is 2.33. The molecule has 5 nitrogen and oxygen atoms in total. The molecule has 0 unspecified atom stereocenters. The molecule has 0 aromatic carbocycles. The summed E-state index contributed by atoms with van der Waals surface area (Å²) >= 11 is 1.75. The fourth-order valence-electron chi connectivity index (χ4n) is 2.83. The number of hydrogen-bond donors (Lipinski definition) is 0. The third-order valence-electron chi connectivity index (χ3n) is 3.98. The summed E-state index contributed by atoms with van der Waals surface area (Å²) in [6.45, 7) is 8.53. The molecule has 2 rings (SSSR count). The van der Waals surface area contributed by atoms with Gasteiger partial charge in [-0.05, 0) is 44.1 Å². The molecule has 1 saturated heterocycles.